The molecule has 0 saturated carbocycles. The Bertz CT molecular complexity index is 892. The molecule has 0 fully saturated rings. The molecule has 2 aromatic rings. The molecule has 0 aliphatic rings. The minimum absolute atomic E-state index is 0.375. The van der Waals surface area contributed by atoms with Crippen molar-refractivity contribution in [3.05, 3.63) is 64.7 Å². The van der Waals surface area contributed by atoms with Crippen LogP contribution in [0.4, 0.5) is 5.69 Å². The number of carbonyl (C=O) groups is 3. The highest BCUT2D eigenvalue weighted by Crippen LogP contribution is 2.16. The maximum absolute atomic E-state index is 12.3. The summed E-state index contributed by atoms with van der Waals surface area (Å²) in [5.41, 5.74) is 4.08. The molecule has 0 aliphatic carbocycles. The lowest BCUT2D eigenvalue weighted by atomic mass is 10.1. The fourth-order valence-electron chi connectivity index (χ4n) is 2.64. The summed E-state index contributed by atoms with van der Waals surface area (Å²) in [5.74, 6) is -1.48. The topological polar surface area (TPSA) is 84.5 Å². The second kappa shape index (κ2) is 9.17. The fourth-order valence-corrected chi connectivity index (χ4v) is 2.64. The van der Waals surface area contributed by atoms with Gasteiger partial charge in [-0.05, 0) is 58.4 Å². The minimum Gasteiger partial charge on any atom is -0.451 e. The second-order valence-corrected chi connectivity index (χ2v) is 6.95. The van der Waals surface area contributed by atoms with Gasteiger partial charge in [-0.15, -0.1) is 0 Å². The van der Waals surface area contributed by atoms with Crippen molar-refractivity contribution >= 4 is 23.5 Å². The number of rotatable bonds is 6. The molecule has 28 heavy (non-hydrogen) atoms. The molecule has 148 valence electrons. The van der Waals surface area contributed by atoms with Gasteiger partial charge in [-0.3, -0.25) is 9.59 Å². The van der Waals surface area contributed by atoms with Crippen molar-refractivity contribution in [1.29, 1.82) is 0 Å². The van der Waals surface area contributed by atoms with Gasteiger partial charge in [-0.1, -0.05) is 35.4 Å². The average Bonchev–Trinajstić information content (AvgIpc) is 2.63. The monoisotopic (exact) mass is 382 g/mol. The molecular weight excluding hydrogens is 356 g/mol. The van der Waals surface area contributed by atoms with Gasteiger partial charge in [0.15, 0.2) is 6.10 Å². The van der Waals surface area contributed by atoms with Gasteiger partial charge in [0.1, 0.15) is 6.04 Å². The van der Waals surface area contributed by atoms with Crippen LogP contribution in [-0.2, 0) is 14.3 Å². The number of nitrogens with one attached hydrogen (secondary N) is 2. The van der Waals surface area contributed by atoms with Crippen molar-refractivity contribution in [1.82, 2.24) is 5.32 Å². The van der Waals surface area contributed by atoms with E-state index in [0.717, 1.165) is 16.7 Å². The van der Waals surface area contributed by atoms with E-state index in [0.29, 0.717) is 11.3 Å². The quantitative estimate of drug-likeness (QED) is 0.751. The van der Waals surface area contributed by atoms with Crippen LogP contribution in [0.3, 0.4) is 0 Å². The first-order chi connectivity index (χ1) is 13.2. The van der Waals surface area contributed by atoms with E-state index in [4.69, 9.17) is 4.74 Å². The Morgan fingerprint density at radius 3 is 2.25 bits per heavy atom. The summed E-state index contributed by atoms with van der Waals surface area (Å²) in [5, 5.41) is 5.34. The number of carbonyl (C=O) groups excluding carboxylic acids is 3. The Morgan fingerprint density at radius 2 is 1.61 bits per heavy atom. The lowest BCUT2D eigenvalue weighted by molar-refractivity contribution is -0.154. The Morgan fingerprint density at radius 1 is 0.929 bits per heavy atom. The zero-order valence-corrected chi connectivity index (χ0v) is 16.8. The molecule has 6 nitrogen and oxygen atoms in total. The summed E-state index contributed by atoms with van der Waals surface area (Å²) < 4.78 is 5.20. The maximum Gasteiger partial charge on any atom is 0.329 e. The third-order valence-electron chi connectivity index (χ3n) is 4.28. The molecule has 0 aliphatic heterocycles. The Hall–Kier alpha value is -3.15. The van der Waals surface area contributed by atoms with Crippen LogP contribution < -0.4 is 10.6 Å². The highest BCUT2D eigenvalue weighted by atomic mass is 16.5. The van der Waals surface area contributed by atoms with Gasteiger partial charge in [0.25, 0.3) is 11.8 Å². The number of hydrogen-bond donors (Lipinski definition) is 2. The lowest BCUT2D eigenvalue weighted by Gasteiger charge is -2.18. The number of benzene rings is 2. The Balaban J connectivity index is 1.91. The minimum atomic E-state index is -0.994. The van der Waals surface area contributed by atoms with E-state index in [9.17, 15) is 14.4 Å². The summed E-state index contributed by atoms with van der Waals surface area (Å²) in [6.07, 6.45) is -0.994. The van der Waals surface area contributed by atoms with E-state index < -0.39 is 24.0 Å². The van der Waals surface area contributed by atoms with Crippen molar-refractivity contribution in [2.45, 2.75) is 46.8 Å². The second-order valence-electron chi connectivity index (χ2n) is 6.95. The SMILES string of the molecule is Cc1cccc(C(=O)N[C@@H](C)C(=O)O[C@H](C)C(=O)Nc2ccc(C)cc2C)c1. The molecule has 2 atom stereocenters. The van der Waals surface area contributed by atoms with Crippen LogP contribution in [0.2, 0.25) is 0 Å². The number of amides is 2. The van der Waals surface area contributed by atoms with Crippen LogP contribution in [0.5, 0.6) is 0 Å². The van der Waals surface area contributed by atoms with E-state index in [1.807, 2.05) is 45.0 Å². The summed E-state index contributed by atoms with van der Waals surface area (Å²) in [7, 11) is 0. The summed E-state index contributed by atoms with van der Waals surface area (Å²) >= 11 is 0. The van der Waals surface area contributed by atoms with Crippen LogP contribution in [0.15, 0.2) is 42.5 Å². The van der Waals surface area contributed by atoms with Crippen LogP contribution >= 0.6 is 0 Å². The molecule has 2 amide bonds. The van der Waals surface area contributed by atoms with Gasteiger partial charge < -0.3 is 15.4 Å². The lowest BCUT2D eigenvalue weighted by Crippen LogP contribution is -2.42. The first-order valence-corrected chi connectivity index (χ1v) is 9.13. The van der Waals surface area contributed by atoms with Crippen LogP contribution in [0.25, 0.3) is 0 Å². The molecule has 0 radical (unpaired) electrons. The Kier molecular flexibility index (Phi) is 6.93. The third-order valence-corrected chi connectivity index (χ3v) is 4.28. The summed E-state index contributed by atoms with van der Waals surface area (Å²) in [6.45, 7) is 8.75. The first kappa shape index (κ1) is 21.2. The van der Waals surface area contributed by atoms with E-state index >= 15 is 0 Å². The van der Waals surface area contributed by atoms with Crippen molar-refractivity contribution in [3.8, 4) is 0 Å². The molecule has 2 aromatic carbocycles. The number of anilines is 1. The van der Waals surface area contributed by atoms with E-state index in [2.05, 4.69) is 10.6 Å². The third kappa shape index (κ3) is 5.67. The van der Waals surface area contributed by atoms with Crippen molar-refractivity contribution < 1.29 is 19.1 Å². The predicted octanol–water partition coefficient (Wildman–Crippen LogP) is 3.30. The van der Waals surface area contributed by atoms with Gasteiger partial charge in [0.05, 0.1) is 0 Å². The molecule has 0 saturated heterocycles. The van der Waals surface area contributed by atoms with Gasteiger partial charge in [-0.25, -0.2) is 4.79 Å². The largest absolute Gasteiger partial charge is 0.451 e. The van der Waals surface area contributed by atoms with Crippen molar-refractivity contribution in [2.75, 3.05) is 5.32 Å². The Labute approximate surface area is 165 Å². The molecule has 0 unspecified atom stereocenters. The fraction of sp³-hybridized carbons (Fsp3) is 0.318. The van der Waals surface area contributed by atoms with Gasteiger partial charge >= 0.3 is 5.97 Å². The molecule has 2 rings (SSSR count). The number of esters is 1. The first-order valence-electron chi connectivity index (χ1n) is 9.13. The normalized spacial score (nSPS) is 12.6. The van der Waals surface area contributed by atoms with Gasteiger partial charge in [-0.2, -0.15) is 0 Å². The maximum atomic E-state index is 12.3. The van der Waals surface area contributed by atoms with Crippen LogP contribution in [0, 0.1) is 20.8 Å². The van der Waals surface area contributed by atoms with E-state index in [1.54, 1.807) is 18.2 Å². The molecular formula is C22H26N2O4. The summed E-state index contributed by atoms with van der Waals surface area (Å²) in [6, 6.07) is 11.8. The van der Waals surface area contributed by atoms with Gasteiger partial charge in [0.2, 0.25) is 0 Å². The molecule has 2 N–H and O–H groups in total. The van der Waals surface area contributed by atoms with Crippen molar-refractivity contribution in [3.63, 3.8) is 0 Å². The summed E-state index contributed by atoms with van der Waals surface area (Å²) in [4.78, 5) is 36.8. The number of aryl methyl sites for hydroxylation is 3. The average molecular weight is 382 g/mol. The highest BCUT2D eigenvalue weighted by molar-refractivity contribution is 5.98. The van der Waals surface area contributed by atoms with E-state index in [1.165, 1.54) is 13.8 Å². The zero-order valence-electron chi connectivity index (χ0n) is 16.8. The molecule has 0 heterocycles. The molecule has 6 heteroatoms. The molecule has 0 spiro atoms. The van der Waals surface area contributed by atoms with Gasteiger partial charge in [0, 0.05) is 11.3 Å². The number of ether oxygens (including phenoxy) is 1. The molecule has 0 aromatic heterocycles. The van der Waals surface area contributed by atoms with Crippen molar-refractivity contribution in [2.24, 2.45) is 0 Å². The van der Waals surface area contributed by atoms with Crippen LogP contribution in [0.1, 0.15) is 40.9 Å². The smallest absolute Gasteiger partial charge is 0.329 e. The molecule has 0 bridgehead atoms. The standard InChI is InChI=1S/C22H26N2O4/c1-13-7-6-8-18(12-13)21(26)23-16(4)22(27)28-17(5)20(25)24-19-10-9-14(2)11-15(19)3/h6-12,16-17H,1-5H3,(H,23,26)(H,24,25)/t16-,17+/m0/s1. The van der Waals surface area contributed by atoms with Crippen LogP contribution in [-0.4, -0.2) is 29.9 Å². The zero-order chi connectivity index (χ0) is 20.8. The predicted molar refractivity (Wildman–Crippen MR) is 108 cm³/mol. The van der Waals surface area contributed by atoms with E-state index in [-0.39, 0.29) is 5.91 Å². The number of hydrogen-bond acceptors (Lipinski definition) is 4. The highest BCUT2D eigenvalue weighted by Gasteiger charge is 2.24.